The second kappa shape index (κ2) is 13.3. The average molecular weight is 565 g/mol. The van der Waals surface area contributed by atoms with Crippen molar-refractivity contribution in [2.45, 2.75) is 32.8 Å². The molecular weight excluding hydrogens is 531 g/mol. The van der Waals surface area contributed by atoms with E-state index in [9.17, 15) is 4.79 Å². The van der Waals surface area contributed by atoms with Crippen LogP contribution in [0.25, 0.3) is 0 Å². The number of ether oxygens (including phenoxy) is 2. The summed E-state index contributed by atoms with van der Waals surface area (Å²) in [7, 11) is 0. The minimum absolute atomic E-state index is 0. The summed E-state index contributed by atoms with van der Waals surface area (Å²) in [5.74, 6) is 1.94. The lowest BCUT2D eigenvalue weighted by molar-refractivity contribution is -0.140. The van der Waals surface area contributed by atoms with Gasteiger partial charge in [0.1, 0.15) is 11.9 Å². The number of amides is 1. The summed E-state index contributed by atoms with van der Waals surface area (Å²) in [4.78, 5) is 21.7. The quantitative estimate of drug-likeness (QED) is 0.327. The van der Waals surface area contributed by atoms with Crippen LogP contribution in [0.3, 0.4) is 0 Å². The molecule has 1 aromatic carbocycles. The Morgan fingerprint density at radius 3 is 2.55 bits per heavy atom. The summed E-state index contributed by atoms with van der Waals surface area (Å²) >= 11 is 6.18. The van der Waals surface area contributed by atoms with Crippen LogP contribution in [0.5, 0.6) is 5.75 Å². The highest BCUT2D eigenvalue weighted by Crippen LogP contribution is 2.24. The summed E-state index contributed by atoms with van der Waals surface area (Å²) in [6.07, 6.45) is 1.61. The Morgan fingerprint density at radius 2 is 1.90 bits per heavy atom. The fourth-order valence-electron chi connectivity index (χ4n) is 3.82. The fraction of sp³-hybridized carbons (Fsp3) is 0.636. The molecule has 1 amide bonds. The van der Waals surface area contributed by atoms with E-state index in [0.29, 0.717) is 43.6 Å². The van der Waals surface area contributed by atoms with Crippen molar-refractivity contribution in [2.24, 2.45) is 10.9 Å². The number of carbonyl (C=O) groups is 1. The second-order valence-electron chi connectivity index (χ2n) is 7.75. The summed E-state index contributed by atoms with van der Waals surface area (Å²) in [6.45, 7) is 9.76. The van der Waals surface area contributed by atoms with Crippen molar-refractivity contribution in [3.05, 3.63) is 29.3 Å². The molecule has 1 aromatic rings. The zero-order valence-corrected chi connectivity index (χ0v) is 21.5. The summed E-state index contributed by atoms with van der Waals surface area (Å²) in [5, 5.41) is 3.98. The SMILES string of the molecule is CCNC(=NCC(C)Oc1ccccc1Cl)N1CCC(C(=O)N2CCOCC2)CC1.I. The lowest BCUT2D eigenvalue weighted by atomic mass is 9.95. The van der Waals surface area contributed by atoms with Gasteiger partial charge in [0, 0.05) is 38.6 Å². The summed E-state index contributed by atoms with van der Waals surface area (Å²) in [5.41, 5.74) is 0. The Kier molecular flexibility index (Phi) is 11.2. The fourth-order valence-corrected chi connectivity index (χ4v) is 4.00. The minimum atomic E-state index is -0.0982. The molecule has 9 heteroatoms. The number of hydrogen-bond donors (Lipinski definition) is 1. The molecule has 0 aromatic heterocycles. The smallest absolute Gasteiger partial charge is 0.225 e. The number of nitrogens with one attached hydrogen (secondary N) is 1. The Labute approximate surface area is 207 Å². The Morgan fingerprint density at radius 1 is 1.23 bits per heavy atom. The normalized spacial score (nSPS) is 18.9. The predicted octanol–water partition coefficient (Wildman–Crippen LogP) is 3.26. The van der Waals surface area contributed by atoms with Crippen molar-refractivity contribution in [1.29, 1.82) is 0 Å². The van der Waals surface area contributed by atoms with Crippen molar-refractivity contribution in [1.82, 2.24) is 15.1 Å². The first kappa shape index (κ1) is 26.0. The van der Waals surface area contributed by atoms with Gasteiger partial charge in [-0.1, -0.05) is 23.7 Å². The van der Waals surface area contributed by atoms with E-state index in [2.05, 4.69) is 17.1 Å². The molecule has 0 aliphatic carbocycles. The molecule has 174 valence electrons. The highest BCUT2D eigenvalue weighted by molar-refractivity contribution is 14.0. The van der Waals surface area contributed by atoms with Gasteiger partial charge < -0.3 is 24.6 Å². The lowest BCUT2D eigenvalue weighted by Gasteiger charge is -2.36. The number of morpholine rings is 1. The maximum absolute atomic E-state index is 12.8. The number of para-hydroxylation sites is 1. The molecule has 0 radical (unpaired) electrons. The van der Waals surface area contributed by atoms with E-state index in [1.54, 1.807) is 0 Å². The number of nitrogens with zero attached hydrogens (tertiary/aromatic N) is 3. The molecule has 2 heterocycles. The number of halogens is 2. The maximum Gasteiger partial charge on any atom is 0.225 e. The molecule has 0 spiro atoms. The molecule has 0 saturated carbocycles. The number of hydrogen-bond acceptors (Lipinski definition) is 4. The van der Waals surface area contributed by atoms with Crippen molar-refractivity contribution in [3.8, 4) is 5.75 Å². The number of carbonyl (C=O) groups excluding carboxylic acids is 1. The van der Waals surface area contributed by atoms with Crippen molar-refractivity contribution in [2.75, 3.05) is 52.5 Å². The van der Waals surface area contributed by atoms with Crippen molar-refractivity contribution in [3.63, 3.8) is 0 Å². The third-order valence-electron chi connectivity index (χ3n) is 5.46. The molecule has 1 N–H and O–H groups in total. The Bertz CT molecular complexity index is 722. The van der Waals surface area contributed by atoms with Crippen LogP contribution in [0.15, 0.2) is 29.3 Å². The number of rotatable bonds is 6. The summed E-state index contributed by atoms with van der Waals surface area (Å²) < 4.78 is 11.3. The van der Waals surface area contributed by atoms with E-state index in [1.165, 1.54) is 0 Å². The van der Waals surface area contributed by atoms with Gasteiger partial charge >= 0.3 is 0 Å². The zero-order chi connectivity index (χ0) is 21.3. The van der Waals surface area contributed by atoms with Crippen LogP contribution >= 0.6 is 35.6 Å². The first-order valence-corrected chi connectivity index (χ1v) is 11.3. The van der Waals surface area contributed by atoms with Gasteiger partial charge in [-0.25, -0.2) is 4.99 Å². The van der Waals surface area contributed by atoms with Gasteiger partial charge in [0.25, 0.3) is 0 Å². The first-order valence-electron chi connectivity index (χ1n) is 10.9. The van der Waals surface area contributed by atoms with Gasteiger partial charge in [-0.05, 0) is 38.8 Å². The van der Waals surface area contributed by atoms with E-state index in [-0.39, 0.29) is 41.9 Å². The van der Waals surface area contributed by atoms with Crippen LogP contribution in [-0.2, 0) is 9.53 Å². The minimum Gasteiger partial charge on any atom is -0.487 e. The third kappa shape index (κ3) is 7.68. The van der Waals surface area contributed by atoms with E-state index >= 15 is 0 Å². The average Bonchev–Trinajstić information content (AvgIpc) is 2.78. The standard InChI is InChI=1S/C22H33ClN4O3.HI/c1-3-24-22(25-16-17(2)30-20-7-5-4-6-19(20)23)27-10-8-18(9-11-27)21(28)26-12-14-29-15-13-26;/h4-7,17-18H,3,8-16H2,1-2H3,(H,24,25);1H. The number of aliphatic imine (C=N–C) groups is 1. The summed E-state index contributed by atoms with van der Waals surface area (Å²) in [6, 6.07) is 7.47. The van der Waals surface area contributed by atoms with E-state index in [0.717, 1.165) is 38.4 Å². The highest BCUT2D eigenvalue weighted by Gasteiger charge is 2.30. The second-order valence-corrected chi connectivity index (χ2v) is 8.16. The lowest BCUT2D eigenvalue weighted by Crippen LogP contribution is -2.50. The first-order chi connectivity index (χ1) is 14.6. The molecule has 3 rings (SSSR count). The van der Waals surface area contributed by atoms with Gasteiger partial charge in [0.15, 0.2) is 5.96 Å². The highest BCUT2D eigenvalue weighted by atomic mass is 127. The molecule has 31 heavy (non-hydrogen) atoms. The third-order valence-corrected chi connectivity index (χ3v) is 5.78. The number of likely N-dealkylation sites (tertiary alicyclic amines) is 1. The predicted molar refractivity (Wildman–Crippen MR) is 135 cm³/mol. The van der Waals surface area contributed by atoms with Crippen LogP contribution in [0.1, 0.15) is 26.7 Å². The van der Waals surface area contributed by atoms with Crippen LogP contribution < -0.4 is 10.1 Å². The van der Waals surface area contributed by atoms with E-state index in [1.807, 2.05) is 36.1 Å². The van der Waals surface area contributed by atoms with Gasteiger partial charge in [-0.2, -0.15) is 0 Å². The largest absolute Gasteiger partial charge is 0.487 e. The molecule has 0 bridgehead atoms. The molecule has 2 fully saturated rings. The van der Waals surface area contributed by atoms with Gasteiger partial charge in [0.05, 0.1) is 24.8 Å². The van der Waals surface area contributed by atoms with E-state index < -0.39 is 0 Å². The number of benzene rings is 1. The monoisotopic (exact) mass is 564 g/mol. The number of piperidine rings is 1. The van der Waals surface area contributed by atoms with Gasteiger partial charge in [-0.3, -0.25) is 4.79 Å². The topological polar surface area (TPSA) is 66.4 Å². The van der Waals surface area contributed by atoms with Crippen molar-refractivity contribution >= 4 is 47.4 Å². The van der Waals surface area contributed by atoms with Crippen molar-refractivity contribution < 1.29 is 14.3 Å². The molecular formula is C22H34ClIN4O3. The Balaban J connectivity index is 0.00000341. The Hall–Kier alpha value is -1.26. The molecule has 1 atom stereocenters. The molecule has 7 nitrogen and oxygen atoms in total. The molecule has 2 aliphatic heterocycles. The molecule has 2 saturated heterocycles. The molecule has 1 unspecified atom stereocenters. The van der Waals surface area contributed by atoms with Crippen LogP contribution in [-0.4, -0.2) is 80.3 Å². The van der Waals surface area contributed by atoms with Crippen LogP contribution in [0.4, 0.5) is 0 Å². The van der Waals surface area contributed by atoms with Gasteiger partial charge in [0.2, 0.25) is 5.91 Å². The van der Waals surface area contributed by atoms with Crippen LogP contribution in [0, 0.1) is 5.92 Å². The molecule has 2 aliphatic rings. The van der Waals surface area contributed by atoms with Crippen LogP contribution in [0.2, 0.25) is 5.02 Å². The maximum atomic E-state index is 12.8. The van der Waals surface area contributed by atoms with Gasteiger partial charge in [-0.15, -0.1) is 24.0 Å². The zero-order valence-electron chi connectivity index (χ0n) is 18.4. The number of guanidine groups is 1. The van der Waals surface area contributed by atoms with E-state index in [4.69, 9.17) is 26.1 Å².